The van der Waals surface area contributed by atoms with Crippen LogP contribution in [0.5, 0.6) is 0 Å². The van der Waals surface area contributed by atoms with Crippen LogP contribution in [0.2, 0.25) is 0 Å². The largest absolute Gasteiger partial charge is 0.371 e. The highest BCUT2D eigenvalue weighted by Gasteiger charge is 2.24. The SMILES string of the molecule is CC1CCCC(C)N1Cc1ccc(N[C]c2ccccc2)cc1. The molecule has 2 atom stereocenters. The molecular formula is C21H26N2. The van der Waals surface area contributed by atoms with Crippen LogP contribution >= 0.6 is 0 Å². The van der Waals surface area contributed by atoms with E-state index >= 15 is 0 Å². The molecule has 0 aliphatic carbocycles. The first-order chi connectivity index (χ1) is 11.2. The Morgan fingerprint density at radius 1 is 0.957 bits per heavy atom. The van der Waals surface area contributed by atoms with Gasteiger partial charge in [-0.3, -0.25) is 4.90 Å². The van der Waals surface area contributed by atoms with Crippen LogP contribution in [-0.2, 0) is 6.54 Å². The molecule has 0 bridgehead atoms. The zero-order valence-corrected chi connectivity index (χ0v) is 14.1. The van der Waals surface area contributed by atoms with E-state index < -0.39 is 0 Å². The van der Waals surface area contributed by atoms with Crippen LogP contribution in [0.3, 0.4) is 0 Å². The molecule has 0 saturated carbocycles. The molecule has 1 fully saturated rings. The monoisotopic (exact) mass is 306 g/mol. The first-order valence-electron chi connectivity index (χ1n) is 8.64. The standard InChI is InChI=1S/C21H26N2/c1-17-7-6-8-18(2)23(17)16-20-11-13-21(14-12-20)22-15-19-9-4-3-5-10-19/h3-5,9-14,17-18,22H,6-8,16H2,1-2H3. The molecule has 1 saturated heterocycles. The van der Waals surface area contributed by atoms with Crippen molar-refractivity contribution in [2.24, 2.45) is 0 Å². The van der Waals surface area contributed by atoms with E-state index in [9.17, 15) is 0 Å². The maximum Gasteiger partial charge on any atom is 0.123 e. The Hall–Kier alpha value is -1.80. The molecule has 1 aliphatic heterocycles. The van der Waals surface area contributed by atoms with Gasteiger partial charge in [0.25, 0.3) is 0 Å². The fourth-order valence-electron chi connectivity index (χ4n) is 3.36. The van der Waals surface area contributed by atoms with Gasteiger partial charge in [-0.15, -0.1) is 0 Å². The predicted octanol–water partition coefficient (Wildman–Crippen LogP) is 4.95. The molecule has 23 heavy (non-hydrogen) atoms. The smallest absolute Gasteiger partial charge is 0.123 e. The molecule has 2 heteroatoms. The lowest BCUT2D eigenvalue weighted by Gasteiger charge is -2.39. The van der Waals surface area contributed by atoms with Crippen molar-refractivity contribution in [3.05, 3.63) is 72.3 Å². The Morgan fingerprint density at radius 2 is 1.61 bits per heavy atom. The van der Waals surface area contributed by atoms with Crippen LogP contribution in [0.25, 0.3) is 0 Å². The minimum atomic E-state index is 0.691. The first kappa shape index (κ1) is 16.1. The van der Waals surface area contributed by atoms with E-state index in [4.69, 9.17) is 0 Å². The molecule has 1 heterocycles. The van der Waals surface area contributed by atoms with E-state index in [1.165, 1.54) is 24.8 Å². The van der Waals surface area contributed by atoms with E-state index in [0.717, 1.165) is 17.8 Å². The first-order valence-corrected chi connectivity index (χ1v) is 8.64. The Balaban J connectivity index is 1.56. The Bertz CT molecular complexity index is 581. The fraction of sp³-hybridized carbons (Fsp3) is 0.381. The summed E-state index contributed by atoms with van der Waals surface area (Å²) < 4.78 is 0. The maximum atomic E-state index is 3.25. The lowest BCUT2D eigenvalue weighted by molar-refractivity contribution is 0.0953. The van der Waals surface area contributed by atoms with Gasteiger partial charge < -0.3 is 5.32 Å². The third kappa shape index (κ3) is 4.35. The number of benzene rings is 2. The van der Waals surface area contributed by atoms with E-state index in [0.29, 0.717) is 12.1 Å². The van der Waals surface area contributed by atoms with Crippen LogP contribution in [0.15, 0.2) is 54.6 Å². The molecular weight excluding hydrogens is 280 g/mol. The van der Waals surface area contributed by atoms with Gasteiger partial charge in [-0.2, -0.15) is 0 Å². The molecule has 2 aromatic rings. The zero-order valence-electron chi connectivity index (χ0n) is 14.1. The number of anilines is 1. The number of rotatable bonds is 5. The summed E-state index contributed by atoms with van der Waals surface area (Å²) in [6.45, 7) is 8.98. The van der Waals surface area contributed by atoms with Crippen molar-refractivity contribution in [3.8, 4) is 0 Å². The third-order valence-corrected chi connectivity index (χ3v) is 4.82. The van der Waals surface area contributed by atoms with E-state index in [-0.39, 0.29) is 0 Å². The van der Waals surface area contributed by atoms with Crippen LogP contribution in [0, 0.1) is 6.54 Å². The summed E-state index contributed by atoms with van der Waals surface area (Å²) >= 11 is 0. The van der Waals surface area contributed by atoms with Crippen LogP contribution in [0.1, 0.15) is 44.2 Å². The second kappa shape index (κ2) is 7.65. The molecule has 3 rings (SSSR count). The molecule has 0 spiro atoms. The van der Waals surface area contributed by atoms with Gasteiger partial charge in [0.15, 0.2) is 0 Å². The van der Waals surface area contributed by atoms with Gasteiger partial charge in [-0.05, 0) is 49.9 Å². The van der Waals surface area contributed by atoms with Gasteiger partial charge >= 0.3 is 0 Å². The summed E-state index contributed by atoms with van der Waals surface area (Å²) in [5, 5.41) is 3.25. The minimum Gasteiger partial charge on any atom is -0.371 e. The van der Waals surface area contributed by atoms with Crippen LogP contribution < -0.4 is 5.32 Å². The van der Waals surface area contributed by atoms with Crippen LogP contribution in [-0.4, -0.2) is 17.0 Å². The Labute approximate surface area is 140 Å². The summed E-state index contributed by atoms with van der Waals surface area (Å²) in [7, 11) is 0. The number of piperidine rings is 1. The van der Waals surface area contributed by atoms with Crippen LogP contribution in [0.4, 0.5) is 5.69 Å². The maximum absolute atomic E-state index is 3.25. The minimum absolute atomic E-state index is 0.691. The molecule has 0 amide bonds. The fourth-order valence-corrected chi connectivity index (χ4v) is 3.36. The predicted molar refractivity (Wildman–Crippen MR) is 97.2 cm³/mol. The molecule has 2 aromatic carbocycles. The lowest BCUT2D eigenvalue weighted by atomic mass is 9.97. The summed E-state index contributed by atoms with van der Waals surface area (Å²) in [5.74, 6) is 0. The van der Waals surface area contributed by atoms with Crippen molar-refractivity contribution in [2.45, 2.75) is 51.7 Å². The topological polar surface area (TPSA) is 15.3 Å². The highest BCUT2D eigenvalue weighted by atomic mass is 15.2. The average molecular weight is 306 g/mol. The molecule has 2 radical (unpaired) electrons. The quantitative estimate of drug-likeness (QED) is 0.786. The van der Waals surface area contributed by atoms with Crippen molar-refractivity contribution in [2.75, 3.05) is 5.32 Å². The van der Waals surface area contributed by atoms with Crippen molar-refractivity contribution in [3.63, 3.8) is 0 Å². The highest BCUT2D eigenvalue weighted by Crippen LogP contribution is 2.25. The van der Waals surface area contributed by atoms with Crippen molar-refractivity contribution in [1.29, 1.82) is 0 Å². The highest BCUT2D eigenvalue weighted by molar-refractivity contribution is 5.48. The molecule has 2 unspecified atom stereocenters. The van der Waals surface area contributed by atoms with Gasteiger partial charge in [0.2, 0.25) is 0 Å². The van der Waals surface area contributed by atoms with E-state index in [2.05, 4.69) is 54.9 Å². The molecule has 120 valence electrons. The van der Waals surface area contributed by atoms with Gasteiger partial charge in [0.1, 0.15) is 6.54 Å². The van der Waals surface area contributed by atoms with Gasteiger partial charge in [-0.25, -0.2) is 0 Å². The summed E-state index contributed by atoms with van der Waals surface area (Å²) in [4.78, 5) is 2.63. The Kier molecular flexibility index (Phi) is 5.35. The van der Waals surface area contributed by atoms with Crippen molar-refractivity contribution < 1.29 is 0 Å². The van der Waals surface area contributed by atoms with Gasteiger partial charge in [-0.1, -0.05) is 48.9 Å². The van der Waals surface area contributed by atoms with Crippen molar-refractivity contribution >= 4 is 5.69 Å². The number of likely N-dealkylation sites (tertiary alicyclic amines) is 1. The number of nitrogens with zero attached hydrogens (tertiary/aromatic N) is 1. The second-order valence-electron chi connectivity index (χ2n) is 6.61. The summed E-state index contributed by atoms with van der Waals surface area (Å²) in [6.07, 6.45) is 4.02. The normalized spacial score (nSPS) is 22.0. The summed E-state index contributed by atoms with van der Waals surface area (Å²) in [6, 6.07) is 20.3. The van der Waals surface area contributed by atoms with Crippen molar-refractivity contribution in [1.82, 2.24) is 4.90 Å². The average Bonchev–Trinajstić information content (AvgIpc) is 2.58. The van der Waals surface area contributed by atoms with Gasteiger partial charge in [0.05, 0.1) is 0 Å². The zero-order chi connectivity index (χ0) is 16.1. The number of hydrogen-bond donors (Lipinski definition) is 1. The Morgan fingerprint density at radius 3 is 2.26 bits per heavy atom. The molecule has 1 N–H and O–H groups in total. The van der Waals surface area contributed by atoms with Gasteiger partial charge in [0, 0.05) is 24.3 Å². The van der Waals surface area contributed by atoms with E-state index in [1.54, 1.807) is 0 Å². The third-order valence-electron chi connectivity index (χ3n) is 4.82. The summed E-state index contributed by atoms with van der Waals surface area (Å²) in [5.41, 5.74) is 3.53. The molecule has 2 nitrogen and oxygen atoms in total. The second-order valence-corrected chi connectivity index (χ2v) is 6.61. The number of hydrogen-bond acceptors (Lipinski definition) is 2. The molecule has 1 aliphatic rings. The number of nitrogens with one attached hydrogen (secondary N) is 1. The lowest BCUT2D eigenvalue weighted by Crippen LogP contribution is -2.42. The molecule has 0 aromatic heterocycles. The van der Waals surface area contributed by atoms with E-state index in [1.807, 2.05) is 30.3 Å².